The fraction of sp³-hybridized carbons (Fsp3) is 0.519. The molecule has 182 valence electrons. The normalized spacial score (nSPS) is 20.3. The number of ether oxygens (including phenoxy) is 1. The number of nitriles is 1. The van der Waals surface area contributed by atoms with Gasteiger partial charge >= 0.3 is 6.09 Å². The topological polar surface area (TPSA) is 95.2 Å². The van der Waals surface area contributed by atoms with E-state index in [2.05, 4.69) is 27.7 Å². The first kappa shape index (κ1) is 23.3. The van der Waals surface area contributed by atoms with E-state index in [0.717, 1.165) is 42.5 Å². The molecule has 1 saturated heterocycles. The summed E-state index contributed by atoms with van der Waals surface area (Å²) in [5.41, 5.74) is 3.44. The minimum absolute atomic E-state index is 0.0612. The molecule has 3 aliphatic rings. The molecule has 2 aliphatic carbocycles. The fourth-order valence-electron chi connectivity index (χ4n) is 4.77. The molecule has 2 aromatic rings. The Kier molecular flexibility index (Phi) is 5.96. The quantitative estimate of drug-likeness (QED) is 0.619. The lowest BCUT2D eigenvalue weighted by molar-refractivity contribution is 0.0116. The van der Waals surface area contributed by atoms with Crippen LogP contribution in [-0.4, -0.2) is 57.5 Å². The predicted octanol–water partition coefficient (Wildman–Crippen LogP) is 4.77. The first-order valence-corrected chi connectivity index (χ1v) is 12.4. The highest BCUT2D eigenvalue weighted by atomic mass is 16.6. The van der Waals surface area contributed by atoms with Gasteiger partial charge in [0, 0.05) is 31.1 Å². The van der Waals surface area contributed by atoms with E-state index in [-0.39, 0.29) is 12.1 Å². The molecular weight excluding hydrogens is 440 g/mol. The van der Waals surface area contributed by atoms with Crippen LogP contribution in [0.25, 0.3) is 17.3 Å². The molecule has 8 nitrogen and oxygen atoms in total. The first-order chi connectivity index (χ1) is 16.8. The Bertz CT molecular complexity index is 1190. The van der Waals surface area contributed by atoms with Gasteiger partial charge in [0.2, 0.25) is 0 Å². The minimum Gasteiger partial charge on any atom is -0.444 e. The van der Waals surface area contributed by atoms with Crippen molar-refractivity contribution in [3.63, 3.8) is 0 Å². The van der Waals surface area contributed by atoms with Gasteiger partial charge in [-0.05, 0) is 70.1 Å². The summed E-state index contributed by atoms with van der Waals surface area (Å²) in [5, 5.41) is 18.5. The molecule has 0 aromatic carbocycles. The number of anilines is 1. The lowest BCUT2D eigenvalue weighted by Gasteiger charge is -2.42. The van der Waals surface area contributed by atoms with Gasteiger partial charge in [-0.2, -0.15) is 15.5 Å². The second-order valence-electron chi connectivity index (χ2n) is 10.8. The molecule has 1 amide bonds. The average Bonchev–Trinajstić information content (AvgIpc) is 3.75. The van der Waals surface area contributed by atoms with E-state index in [1.165, 1.54) is 0 Å². The van der Waals surface area contributed by atoms with Gasteiger partial charge in [-0.3, -0.25) is 0 Å². The molecule has 0 N–H and O–H groups in total. The lowest BCUT2D eigenvalue weighted by atomic mass is 10.0. The van der Waals surface area contributed by atoms with E-state index < -0.39 is 5.60 Å². The Hall–Kier alpha value is -3.47. The number of rotatable bonds is 5. The van der Waals surface area contributed by atoms with Crippen LogP contribution in [0.15, 0.2) is 24.9 Å². The summed E-state index contributed by atoms with van der Waals surface area (Å²) in [6.07, 6.45) is 7.54. The molecule has 2 saturated carbocycles. The molecule has 8 heteroatoms. The van der Waals surface area contributed by atoms with Crippen LogP contribution in [-0.2, 0) is 4.74 Å². The summed E-state index contributed by atoms with van der Waals surface area (Å²) < 4.78 is 5.69. The Morgan fingerprint density at radius 2 is 2.00 bits per heavy atom. The predicted molar refractivity (Wildman–Crippen MR) is 134 cm³/mol. The van der Waals surface area contributed by atoms with Gasteiger partial charge < -0.3 is 14.5 Å². The Balaban J connectivity index is 1.47. The van der Waals surface area contributed by atoms with Crippen LogP contribution in [0.1, 0.15) is 69.2 Å². The minimum atomic E-state index is -0.529. The SMILES string of the molecule is C=Cc1cnnc(-c2cc(C#N)c(N3CCN(C(=O)OC(C)(C)C)[C@H](C4CC4)C3)nc2C2CC2)c1. The maximum Gasteiger partial charge on any atom is 0.410 e. The maximum absolute atomic E-state index is 12.9. The van der Waals surface area contributed by atoms with Crippen molar-refractivity contribution in [1.29, 1.82) is 5.26 Å². The molecule has 3 heterocycles. The third-order valence-electron chi connectivity index (χ3n) is 6.82. The van der Waals surface area contributed by atoms with Gasteiger partial charge in [0.25, 0.3) is 0 Å². The number of aromatic nitrogens is 3. The molecule has 1 aliphatic heterocycles. The molecule has 35 heavy (non-hydrogen) atoms. The average molecular weight is 473 g/mol. The van der Waals surface area contributed by atoms with Crippen molar-refractivity contribution >= 4 is 18.0 Å². The van der Waals surface area contributed by atoms with Gasteiger partial charge in [-0.25, -0.2) is 9.78 Å². The number of hydrogen-bond donors (Lipinski definition) is 0. The van der Waals surface area contributed by atoms with Crippen LogP contribution in [0.5, 0.6) is 0 Å². The molecule has 0 spiro atoms. The number of pyridine rings is 1. The van der Waals surface area contributed by atoms with Gasteiger partial charge in [0.1, 0.15) is 17.5 Å². The van der Waals surface area contributed by atoms with Crippen LogP contribution in [0.3, 0.4) is 0 Å². The zero-order valence-electron chi connectivity index (χ0n) is 20.7. The Morgan fingerprint density at radius 3 is 2.63 bits per heavy atom. The second kappa shape index (κ2) is 8.95. The molecule has 3 fully saturated rings. The second-order valence-corrected chi connectivity index (χ2v) is 10.8. The fourth-order valence-corrected chi connectivity index (χ4v) is 4.77. The van der Waals surface area contributed by atoms with Crippen LogP contribution < -0.4 is 4.90 Å². The van der Waals surface area contributed by atoms with Crippen molar-refractivity contribution in [2.45, 2.75) is 64.0 Å². The molecule has 2 aromatic heterocycles. The van der Waals surface area contributed by atoms with Crippen LogP contribution in [0.2, 0.25) is 0 Å². The van der Waals surface area contributed by atoms with Crippen LogP contribution >= 0.6 is 0 Å². The highest BCUT2D eigenvalue weighted by molar-refractivity contribution is 5.72. The molecule has 5 rings (SSSR count). The smallest absolute Gasteiger partial charge is 0.410 e. The first-order valence-electron chi connectivity index (χ1n) is 12.4. The number of hydrogen-bond acceptors (Lipinski definition) is 7. The standard InChI is InChI=1S/C27H32N6O2/c1-5-17-12-22(31-29-15-17)21-13-20(14-28)25(30-24(21)19-8-9-19)32-10-11-33(23(16-32)18-6-7-18)26(34)35-27(2,3)4/h5,12-13,15,18-19,23H,1,6-11,16H2,2-4H3/t23-/m0/s1. The summed E-state index contributed by atoms with van der Waals surface area (Å²) in [7, 11) is 0. The van der Waals surface area contributed by atoms with E-state index in [0.29, 0.717) is 48.5 Å². The van der Waals surface area contributed by atoms with Crippen molar-refractivity contribution in [2.24, 2.45) is 5.92 Å². The third-order valence-corrected chi connectivity index (χ3v) is 6.82. The number of carbonyl (C=O) groups is 1. The summed E-state index contributed by atoms with van der Waals surface area (Å²) in [6.45, 7) is 11.3. The highest BCUT2D eigenvalue weighted by Gasteiger charge is 2.43. The van der Waals surface area contributed by atoms with Crippen LogP contribution in [0.4, 0.5) is 10.6 Å². The van der Waals surface area contributed by atoms with E-state index in [1.807, 2.05) is 37.8 Å². The van der Waals surface area contributed by atoms with Gasteiger partial charge in [-0.1, -0.05) is 12.7 Å². The van der Waals surface area contributed by atoms with Gasteiger partial charge in [0.15, 0.2) is 0 Å². The number of carbonyl (C=O) groups excluding carboxylic acids is 1. The Labute approximate surface area is 206 Å². The Morgan fingerprint density at radius 1 is 1.23 bits per heavy atom. The summed E-state index contributed by atoms with van der Waals surface area (Å²) in [4.78, 5) is 22.1. The molecule has 1 atom stereocenters. The molecule has 0 bridgehead atoms. The van der Waals surface area contributed by atoms with Crippen molar-refractivity contribution in [3.05, 3.63) is 41.7 Å². The van der Waals surface area contributed by atoms with E-state index in [9.17, 15) is 10.1 Å². The van der Waals surface area contributed by atoms with Crippen molar-refractivity contribution < 1.29 is 9.53 Å². The zero-order valence-corrected chi connectivity index (χ0v) is 20.7. The lowest BCUT2D eigenvalue weighted by Crippen LogP contribution is -2.57. The number of nitrogens with zero attached hydrogens (tertiary/aromatic N) is 6. The molecule has 0 unspecified atom stereocenters. The number of piperazine rings is 1. The van der Waals surface area contributed by atoms with E-state index in [4.69, 9.17) is 9.72 Å². The van der Waals surface area contributed by atoms with E-state index in [1.54, 1.807) is 12.3 Å². The maximum atomic E-state index is 12.9. The highest BCUT2D eigenvalue weighted by Crippen LogP contribution is 2.45. The molecular formula is C27H32N6O2. The van der Waals surface area contributed by atoms with Gasteiger partial charge in [-0.15, -0.1) is 0 Å². The monoisotopic (exact) mass is 472 g/mol. The third kappa shape index (κ3) is 5.00. The summed E-state index contributed by atoms with van der Waals surface area (Å²) >= 11 is 0. The largest absolute Gasteiger partial charge is 0.444 e. The van der Waals surface area contributed by atoms with E-state index >= 15 is 0 Å². The van der Waals surface area contributed by atoms with Crippen molar-refractivity contribution in [3.8, 4) is 17.3 Å². The zero-order chi connectivity index (χ0) is 24.7. The van der Waals surface area contributed by atoms with Crippen molar-refractivity contribution in [1.82, 2.24) is 20.1 Å². The summed E-state index contributed by atoms with van der Waals surface area (Å²) in [6, 6.07) is 6.28. The van der Waals surface area contributed by atoms with Gasteiger partial charge in [0.05, 0.1) is 29.2 Å². The number of amides is 1. The molecule has 0 radical (unpaired) electrons. The van der Waals surface area contributed by atoms with Crippen molar-refractivity contribution in [2.75, 3.05) is 24.5 Å². The van der Waals surface area contributed by atoms with Crippen LogP contribution in [0, 0.1) is 17.2 Å². The summed E-state index contributed by atoms with van der Waals surface area (Å²) in [5.74, 6) is 1.54.